The molecule has 2 atom stereocenters. The molecule has 3 aliphatic heterocycles. The van der Waals surface area contributed by atoms with Gasteiger partial charge >= 0.3 is 5.69 Å². The van der Waals surface area contributed by atoms with Crippen LogP contribution in [-0.4, -0.2) is 97.4 Å². The minimum absolute atomic E-state index is 0.0158. The quantitative estimate of drug-likeness (QED) is 0.133. The van der Waals surface area contributed by atoms with Crippen molar-refractivity contribution in [1.82, 2.24) is 34.8 Å². The van der Waals surface area contributed by atoms with Gasteiger partial charge < -0.3 is 24.9 Å². The van der Waals surface area contributed by atoms with E-state index >= 15 is 8.78 Å². The molecule has 6 heterocycles. The molecule has 2 saturated heterocycles. The Morgan fingerprint density at radius 3 is 2.46 bits per heavy atom. The second-order valence-electron chi connectivity index (χ2n) is 17.8. The number of hydrogen-bond donors (Lipinski definition) is 3. The fourth-order valence-electron chi connectivity index (χ4n) is 10.2. The van der Waals surface area contributed by atoms with Crippen LogP contribution < -0.4 is 26.5 Å². The Kier molecular flexibility index (Phi) is 11.1. The molecule has 0 radical (unpaired) electrons. The molecule has 4 aliphatic rings. The first kappa shape index (κ1) is 44.0. The third-order valence-corrected chi connectivity index (χ3v) is 13.6. The summed E-state index contributed by atoms with van der Waals surface area (Å²) in [6, 6.07) is 12.1. The van der Waals surface area contributed by atoms with Crippen molar-refractivity contribution in [2.24, 2.45) is 5.92 Å². The van der Waals surface area contributed by atoms with E-state index in [4.69, 9.17) is 4.42 Å². The number of benzene rings is 3. The highest BCUT2D eigenvalue weighted by molar-refractivity contribution is 6.25. The van der Waals surface area contributed by atoms with Gasteiger partial charge in [0.25, 0.3) is 11.8 Å². The number of imide groups is 2. The van der Waals surface area contributed by atoms with E-state index < -0.39 is 47.0 Å². The number of amides is 6. The van der Waals surface area contributed by atoms with Crippen molar-refractivity contribution in [3.63, 3.8) is 0 Å². The number of piperazine rings is 1. The molecule has 17 nitrogen and oxygen atoms in total. The van der Waals surface area contributed by atoms with Crippen molar-refractivity contribution in [3.8, 4) is 0 Å². The number of rotatable bonds is 8. The van der Waals surface area contributed by atoms with E-state index in [9.17, 15) is 33.6 Å². The van der Waals surface area contributed by atoms with E-state index in [-0.39, 0.29) is 111 Å². The van der Waals surface area contributed by atoms with Gasteiger partial charge in [-0.15, -0.1) is 0 Å². The number of anilines is 2. The van der Waals surface area contributed by atoms with Crippen LogP contribution in [0.3, 0.4) is 0 Å². The molecule has 3 aromatic carbocycles. The summed E-state index contributed by atoms with van der Waals surface area (Å²) in [4.78, 5) is 105. The second-order valence-corrected chi connectivity index (χ2v) is 17.8. The number of nitrogens with one attached hydrogen (secondary N) is 3. The summed E-state index contributed by atoms with van der Waals surface area (Å²) in [5, 5.41) is 8.60. The Balaban J connectivity index is 0.906. The minimum atomic E-state index is -1.08. The maximum atomic E-state index is 16.3. The van der Waals surface area contributed by atoms with E-state index in [2.05, 4.69) is 32.5 Å². The van der Waals surface area contributed by atoms with Gasteiger partial charge in [-0.3, -0.25) is 39.0 Å². The third kappa shape index (κ3) is 7.50. The van der Waals surface area contributed by atoms with Crippen molar-refractivity contribution in [2.75, 3.05) is 29.9 Å². The number of fused-ring (bicyclic) bond motifs is 6. The molecule has 3 aromatic heterocycles. The highest BCUT2D eigenvalue weighted by Gasteiger charge is 2.46. The molecule has 2 bridgehead atoms. The van der Waals surface area contributed by atoms with Gasteiger partial charge in [0, 0.05) is 56.3 Å². The molecule has 19 heteroatoms. The van der Waals surface area contributed by atoms with Crippen LogP contribution in [0.5, 0.6) is 0 Å². The molecule has 68 heavy (non-hydrogen) atoms. The van der Waals surface area contributed by atoms with Gasteiger partial charge in [-0.05, 0) is 99.6 Å². The predicted octanol–water partition coefficient (Wildman–Crippen LogP) is 5.20. The molecule has 10 rings (SSSR count). The molecule has 6 amide bonds. The van der Waals surface area contributed by atoms with Crippen molar-refractivity contribution in [1.29, 1.82) is 0 Å². The first-order valence-electron chi connectivity index (χ1n) is 22.5. The molecule has 1 saturated carbocycles. The number of carbonyl (C=O) groups excluding carboxylic acids is 6. The zero-order chi connectivity index (χ0) is 47.7. The second kappa shape index (κ2) is 17.1. The minimum Gasteiger partial charge on any atom is -0.454 e. The topological polar surface area (TPSA) is 209 Å². The highest BCUT2D eigenvalue weighted by Crippen LogP contribution is 2.36. The van der Waals surface area contributed by atoms with Crippen molar-refractivity contribution >= 4 is 85.6 Å². The van der Waals surface area contributed by atoms with Crippen LogP contribution in [0.15, 0.2) is 76.5 Å². The summed E-state index contributed by atoms with van der Waals surface area (Å²) in [7, 11) is 0. The number of aryl methyl sites for hydroxylation is 1. The normalized spacial score (nSPS) is 20.9. The van der Waals surface area contributed by atoms with Gasteiger partial charge in [0.1, 0.15) is 28.8 Å². The van der Waals surface area contributed by atoms with Gasteiger partial charge in [-0.2, -0.15) is 4.98 Å². The molecule has 1 unspecified atom stereocenters. The summed E-state index contributed by atoms with van der Waals surface area (Å²) in [6.07, 6.45) is 3.51. The molecule has 3 N–H and O–H groups in total. The number of pyridine rings is 1. The first-order chi connectivity index (χ1) is 32.7. The predicted molar refractivity (Wildman–Crippen MR) is 245 cm³/mol. The van der Waals surface area contributed by atoms with E-state index in [1.54, 1.807) is 36.1 Å². The van der Waals surface area contributed by atoms with E-state index in [0.29, 0.717) is 55.6 Å². The van der Waals surface area contributed by atoms with Gasteiger partial charge in [-0.25, -0.2) is 23.0 Å². The van der Waals surface area contributed by atoms with Crippen LogP contribution in [-0.2, 0) is 25.7 Å². The summed E-state index contributed by atoms with van der Waals surface area (Å²) in [6.45, 7) is 8.16. The maximum absolute atomic E-state index is 16.3. The molecule has 1 aliphatic carbocycles. The maximum Gasteiger partial charge on any atom is 0.355 e. The summed E-state index contributed by atoms with van der Waals surface area (Å²) in [5.74, 6) is -4.58. The fourth-order valence-corrected chi connectivity index (χ4v) is 10.2. The highest BCUT2D eigenvalue weighted by atomic mass is 19.1. The lowest BCUT2D eigenvalue weighted by Crippen LogP contribution is -2.54. The van der Waals surface area contributed by atoms with Gasteiger partial charge in [0.15, 0.2) is 17.0 Å². The Morgan fingerprint density at radius 2 is 1.71 bits per heavy atom. The van der Waals surface area contributed by atoms with Crippen LogP contribution in [0.25, 0.3) is 38.6 Å². The zero-order valence-electron chi connectivity index (χ0n) is 37.1. The lowest BCUT2D eigenvalue weighted by molar-refractivity contribution is -0.136. The number of carbonyl (C=O) groups is 6. The molecular weight excluding hydrogens is 881 g/mol. The number of hydrogen-bond acceptors (Lipinski definition) is 12. The molecule has 6 aromatic rings. The van der Waals surface area contributed by atoms with E-state index in [1.165, 1.54) is 40.8 Å². The summed E-state index contributed by atoms with van der Waals surface area (Å²) in [5.41, 5.74) is 1.17. The number of piperidine rings is 1. The fraction of sp³-hybridized carbons (Fsp3) is 0.327. The third-order valence-electron chi connectivity index (χ3n) is 13.6. The smallest absolute Gasteiger partial charge is 0.355 e. The van der Waals surface area contributed by atoms with Crippen molar-refractivity contribution in [2.45, 2.75) is 77.0 Å². The average molecular weight is 926 g/mol. The summed E-state index contributed by atoms with van der Waals surface area (Å²) < 4.78 is 39.8. The molecule has 0 spiro atoms. The Morgan fingerprint density at radius 1 is 0.926 bits per heavy atom. The Hall–Kier alpha value is -7.83. The van der Waals surface area contributed by atoms with Crippen molar-refractivity contribution in [3.05, 3.63) is 112 Å². The van der Waals surface area contributed by atoms with E-state index in [1.807, 2.05) is 11.8 Å². The lowest BCUT2D eigenvalue weighted by Gasteiger charge is -2.40. The van der Waals surface area contributed by atoms with Crippen LogP contribution in [0.4, 0.5) is 20.3 Å². The van der Waals surface area contributed by atoms with Crippen LogP contribution in [0, 0.1) is 24.5 Å². The Bertz CT molecular complexity index is 3310. The Labute approximate surface area is 385 Å². The van der Waals surface area contributed by atoms with Gasteiger partial charge in [0.2, 0.25) is 23.6 Å². The standard InChI is InChI=1S/C49H45F2N9O8/c1-4-38(62)57-17-18-58(25(3)23-57)43-30-21-32(51)41-40-31(50)8-6-10-35(40)68-36-20-26(19-24(2)42(36)60(44(30)55-41)49(67)56-43)22-52-45(63)27-11-13-28(14-12-27)53-33-9-5-7-29-39(33)48(66)59(47(29)65)34-15-16-37(61)54-46(34)64/h4-10,19-21,25,27-28,34,53H,1,11-18,22-23H2,2-3H3,(H,52,63)(H,54,61,64)/t25-,27-,28-,34?/m0/s1. The van der Waals surface area contributed by atoms with Crippen molar-refractivity contribution < 1.29 is 42.0 Å². The lowest BCUT2D eigenvalue weighted by atomic mass is 9.85. The molecule has 3 fully saturated rings. The van der Waals surface area contributed by atoms with E-state index in [0.717, 1.165) is 4.90 Å². The van der Waals surface area contributed by atoms with Crippen LogP contribution in [0.2, 0.25) is 0 Å². The number of aromatic nitrogens is 3. The molecular formula is C49H45F2N9O8. The number of nitrogens with zero attached hydrogens (tertiary/aromatic N) is 6. The van der Waals surface area contributed by atoms with Crippen LogP contribution in [0.1, 0.15) is 77.3 Å². The largest absolute Gasteiger partial charge is 0.454 e. The average Bonchev–Trinajstić information content (AvgIpc) is 3.60. The summed E-state index contributed by atoms with van der Waals surface area (Å²) >= 11 is 0. The van der Waals surface area contributed by atoms with Gasteiger partial charge in [-0.1, -0.05) is 24.8 Å². The number of halogens is 2. The molecule has 348 valence electrons. The monoisotopic (exact) mass is 925 g/mol. The first-order valence-corrected chi connectivity index (χ1v) is 22.5. The van der Waals surface area contributed by atoms with Crippen LogP contribution >= 0.6 is 0 Å². The zero-order valence-corrected chi connectivity index (χ0v) is 37.1. The van der Waals surface area contributed by atoms with Gasteiger partial charge in [0.05, 0.1) is 27.4 Å². The SMILES string of the molecule is C=CC(=O)N1CCN(c2nc(=O)n3c4nc(c(F)cc24)c2c(F)cccc2oc2cc(CNC(=O)[C@H]4CC[C@H](Nc5cccc6c5C(=O)N(C5CCC(=O)NC5=O)C6=O)CC4)cc(C)c23)[C@@H](C)C1.